The van der Waals surface area contributed by atoms with Gasteiger partial charge in [-0.3, -0.25) is 19.4 Å². The monoisotopic (exact) mass is 343 g/mol. The molecule has 1 fully saturated rings. The molecule has 7 heteroatoms. The van der Waals surface area contributed by atoms with Gasteiger partial charge in [-0.2, -0.15) is 5.10 Å². The zero-order valence-electron chi connectivity index (χ0n) is 14.8. The highest BCUT2D eigenvalue weighted by Crippen LogP contribution is 2.13. The fourth-order valence-electron chi connectivity index (χ4n) is 2.70. The van der Waals surface area contributed by atoms with Crippen LogP contribution in [-0.4, -0.2) is 58.4 Å². The number of ether oxygens (including phenoxy) is 1. The molecule has 2 aromatic heterocycles. The smallest absolute Gasteiger partial charge is 0.257 e. The molecule has 1 amide bonds. The maximum Gasteiger partial charge on any atom is 0.257 e. The fraction of sp³-hybridized carbons (Fsp3) is 0.500. The number of nitrogens with one attached hydrogen (secondary N) is 1. The molecule has 1 aliphatic heterocycles. The molecule has 25 heavy (non-hydrogen) atoms. The third kappa shape index (κ3) is 4.87. The molecule has 0 bridgehead atoms. The molecule has 7 nitrogen and oxygen atoms in total. The molecule has 0 radical (unpaired) electrons. The number of nitrogens with zero attached hydrogens (tertiary/aromatic N) is 4. The van der Waals surface area contributed by atoms with Gasteiger partial charge in [0.1, 0.15) is 0 Å². The summed E-state index contributed by atoms with van der Waals surface area (Å²) in [6.45, 7) is 9.39. The van der Waals surface area contributed by atoms with Gasteiger partial charge in [0, 0.05) is 37.7 Å². The number of rotatable bonds is 6. The second-order valence-corrected chi connectivity index (χ2v) is 6.53. The number of pyridine rings is 1. The Hall–Kier alpha value is -2.25. The van der Waals surface area contributed by atoms with Crippen molar-refractivity contribution in [3.8, 4) is 0 Å². The van der Waals surface area contributed by atoms with E-state index in [1.165, 1.54) is 0 Å². The van der Waals surface area contributed by atoms with Crippen molar-refractivity contribution in [1.29, 1.82) is 0 Å². The lowest BCUT2D eigenvalue weighted by molar-refractivity contribution is 0.0360. The maximum absolute atomic E-state index is 12.3. The number of amides is 1. The number of hydrogen-bond acceptors (Lipinski definition) is 5. The molecular weight excluding hydrogens is 318 g/mol. The summed E-state index contributed by atoms with van der Waals surface area (Å²) in [4.78, 5) is 19.0. The molecular formula is C18H25N5O2. The summed E-state index contributed by atoms with van der Waals surface area (Å²) in [5, 5.41) is 7.18. The Morgan fingerprint density at radius 1 is 1.24 bits per heavy atom. The lowest BCUT2D eigenvalue weighted by atomic mass is 10.1. The van der Waals surface area contributed by atoms with Crippen LogP contribution >= 0.6 is 0 Å². The lowest BCUT2D eigenvalue weighted by Crippen LogP contribution is -2.38. The van der Waals surface area contributed by atoms with Crippen LogP contribution in [-0.2, 0) is 11.3 Å². The molecule has 134 valence electrons. The summed E-state index contributed by atoms with van der Waals surface area (Å²) in [5.74, 6) is 0.178. The third-order valence-corrected chi connectivity index (χ3v) is 4.28. The predicted molar refractivity (Wildman–Crippen MR) is 95.8 cm³/mol. The van der Waals surface area contributed by atoms with Crippen LogP contribution in [0.15, 0.2) is 30.7 Å². The average molecular weight is 343 g/mol. The molecule has 1 N–H and O–H groups in total. The van der Waals surface area contributed by atoms with Gasteiger partial charge in [0.05, 0.1) is 37.2 Å². The number of hydrogen-bond donors (Lipinski definition) is 1. The zero-order chi connectivity index (χ0) is 17.6. The highest BCUT2D eigenvalue weighted by atomic mass is 16.5. The van der Waals surface area contributed by atoms with E-state index in [4.69, 9.17) is 4.74 Å². The van der Waals surface area contributed by atoms with Crippen LogP contribution in [0.5, 0.6) is 0 Å². The van der Waals surface area contributed by atoms with E-state index in [1.54, 1.807) is 18.5 Å². The van der Waals surface area contributed by atoms with Crippen molar-refractivity contribution >= 4 is 11.6 Å². The summed E-state index contributed by atoms with van der Waals surface area (Å²) in [5.41, 5.74) is 2.22. The van der Waals surface area contributed by atoms with Crippen molar-refractivity contribution in [1.82, 2.24) is 19.7 Å². The first-order valence-corrected chi connectivity index (χ1v) is 8.71. The Morgan fingerprint density at radius 3 is 2.72 bits per heavy atom. The number of aromatic nitrogens is 3. The predicted octanol–water partition coefficient (Wildman–Crippen LogP) is 1.99. The van der Waals surface area contributed by atoms with E-state index in [9.17, 15) is 4.79 Å². The summed E-state index contributed by atoms with van der Waals surface area (Å²) in [6.07, 6.45) is 5.15. The van der Waals surface area contributed by atoms with Gasteiger partial charge in [0.25, 0.3) is 5.91 Å². The first kappa shape index (κ1) is 17.6. The largest absolute Gasteiger partial charge is 0.379 e. The summed E-state index contributed by atoms with van der Waals surface area (Å²) in [6, 6.07) is 3.70. The molecule has 1 saturated heterocycles. The molecule has 0 unspecified atom stereocenters. The van der Waals surface area contributed by atoms with Crippen LogP contribution in [0.1, 0.15) is 35.8 Å². The second kappa shape index (κ2) is 8.22. The topological polar surface area (TPSA) is 72.3 Å². The first-order chi connectivity index (χ1) is 12.1. The van der Waals surface area contributed by atoms with E-state index in [0.29, 0.717) is 17.2 Å². The van der Waals surface area contributed by atoms with Crippen molar-refractivity contribution in [2.75, 3.05) is 38.2 Å². The Morgan fingerprint density at radius 2 is 2.04 bits per heavy atom. The van der Waals surface area contributed by atoms with E-state index in [0.717, 1.165) is 45.1 Å². The molecule has 0 saturated carbocycles. The Balaban J connectivity index is 1.52. The van der Waals surface area contributed by atoms with Gasteiger partial charge in [0.15, 0.2) is 0 Å². The minimum Gasteiger partial charge on any atom is -0.379 e. The minimum atomic E-state index is -0.171. The van der Waals surface area contributed by atoms with Crippen molar-refractivity contribution in [3.63, 3.8) is 0 Å². The average Bonchev–Trinajstić information content (AvgIpc) is 3.08. The molecule has 0 atom stereocenters. The van der Waals surface area contributed by atoms with Crippen LogP contribution in [0.25, 0.3) is 0 Å². The molecule has 3 heterocycles. The van der Waals surface area contributed by atoms with Gasteiger partial charge >= 0.3 is 0 Å². The van der Waals surface area contributed by atoms with Crippen LogP contribution < -0.4 is 5.32 Å². The van der Waals surface area contributed by atoms with E-state index in [2.05, 4.69) is 34.1 Å². The van der Waals surface area contributed by atoms with Crippen LogP contribution in [0.2, 0.25) is 0 Å². The third-order valence-electron chi connectivity index (χ3n) is 4.28. The van der Waals surface area contributed by atoms with Crippen molar-refractivity contribution in [3.05, 3.63) is 42.0 Å². The first-order valence-electron chi connectivity index (χ1n) is 8.71. The second-order valence-electron chi connectivity index (χ2n) is 6.53. The van der Waals surface area contributed by atoms with Crippen LogP contribution in [0.4, 0.5) is 5.69 Å². The van der Waals surface area contributed by atoms with Gasteiger partial charge < -0.3 is 10.1 Å². The van der Waals surface area contributed by atoms with Crippen molar-refractivity contribution < 1.29 is 9.53 Å². The van der Waals surface area contributed by atoms with Crippen molar-refractivity contribution in [2.24, 2.45) is 0 Å². The van der Waals surface area contributed by atoms with Crippen LogP contribution in [0, 0.1) is 0 Å². The van der Waals surface area contributed by atoms with E-state index in [-0.39, 0.29) is 5.91 Å². The quantitative estimate of drug-likeness (QED) is 0.868. The van der Waals surface area contributed by atoms with E-state index >= 15 is 0 Å². The molecule has 3 rings (SSSR count). The standard InChI is InChI=1S/C18H25N5O2/c1-14(2)17-4-3-15(11-19-17)18(24)21-16-12-20-23(13-16)6-5-22-7-9-25-10-8-22/h3-4,11-14H,5-10H2,1-2H3,(H,21,24). The molecule has 0 spiro atoms. The van der Waals surface area contributed by atoms with E-state index in [1.807, 2.05) is 16.9 Å². The SMILES string of the molecule is CC(C)c1ccc(C(=O)Nc2cnn(CCN3CCOCC3)c2)cn1. The lowest BCUT2D eigenvalue weighted by Gasteiger charge is -2.26. The summed E-state index contributed by atoms with van der Waals surface area (Å²) >= 11 is 0. The Labute approximate surface area is 148 Å². The minimum absolute atomic E-state index is 0.171. The summed E-state index contributed by atoms with van der Waals surface area (Å²) in [7, 11) is 0. The van der Waals surface area contributed by atoms with Crippen LogP contribution in [0.3, 0.4) is 0 Å². The molecule has 1 aliphatic rings. The van der Waals surface area contributed by atoms with Crippen molar-refractivity contribution in [2.45, 2.75) is 26.3 Å². The number of carbonyl (C=O) groups is 1. The Kier molecular flexibility index (Phi) is 5.78. The molecule has 0 aromatic carbocycles. The zero-order valence-corrected chi connectivity index (χ0v) is 14.8. The van der Waals surface area contributed by atoms with E-state index < -0.39 is 0 Å². The number of morpholine rings is 1. The maximum atomic E-state index is 12.3. The molecule has 0 aliphatic carbocycles. The number of anilines is 1. The highest BCUT2D eigenvalue weighted by Gasteiger charge is 2.12. The Bertz CT molecular complexity index is 690. The molecule has 2 aromatic rings. The van der Waals surface area contributed by atoms with Gasteiger partial charge in [-0.15, -0.1) is 0 Å². The van der Waals surface area contributed by atoms with Gasteiger partial charge in [0.2, 0.25) is 0 Å². The fourth-order valence-corrected chi connectivity index (χ4v) is 2.70. The van der Waals surface area contributed by atoms with Gasteiger partial charge in [-0.05, 0) is 18.1 Å². The van der Waals surface area contributed by atoms with Gasteiger partial charge in [-0.25, -0.2) is 0 Å². The van der Waals surface area contributed by atoms with Gasteiger partial charge in [-0.1, -0.05) is 13.8 Å². The number of carbonyl (C=O) groups excluding carboxylic acids is 1. The summed E-state index contributed by atoms with van der Waals surface area (Å²) < 4.78 is 7.20. The normalized spacial score (nSPS) is 15.5. The highest BCUT2D eigenvalue weighted by molar-refractivity contribution is 6.03.